The fraction of sp³-hybridized carbons (Fsp3) is 0.889. The molecule has 0 aromatic carbocycles. The molecule has 0 heterocycles. The summed E-state index contributed by atoms with van der Waals surface area (Å²) in [7, 11) is 0. The Morgan fingerprint density at radius 1 is 1.05 bits per heavy atom. The van der Waals surface area contributed by atoms with Crippen LogP contribution in [-0.2, 0) is 0 Å². The fourth-order valence-corrected chi connectivity index (χ4v) is 6.81. The molecule has 0 amide bonds. The van der Waals surface area contributed by atoms with Crippen LogP contribution < -0.4 is 0 Å². The summed E-state index contributed by atoms with van der Waals surface area (Å²) < 4.78 is 0. The highest BCUT2D eigenvalue weighted by Crippen LogP contribution is 2.69. The number of hydrogen-bond acceptors (Lipinski definition) is 2. The quantitative estimate of drug-likeness (QED) is 0.667. The second-order valence-corrected chi connectivity index (χ2v) is 8.42. The zero-order valence-corrected chi connectivity index (χ0v) is 12.6. The molecular weight excluding hydrogens is 248 g/mol. The molecule has 20 heavy (non-hydrogen) atoms. The minimum Gasteiger partial charge on any atom is -0.393 e. The first-order valence-electron chi connectivity index (χ1n) is 8.52. The van der Waals surface area contributed by atoms with E-state index in [0.717, 1.165) is 30.8 Å². The van der Waals surface area contributed by atoms with E-state index in [0.29, 0.717) is 11.8 Å². The molecule has 4 rings (SSSR count). The summed E-state index contributed by atoms with van der Waals surface area (Å²) in [5, 5.41) is 21.1. The van der Waals surface area contributed by atoms with Gasteiger partial charge in [0.05, 0.1) is 12.2 Å². The van der Waals surface area contributed by atoms with Crippen molar-refractivity contribution in [3.05, 3.63) is 12.2 Å². The Hall–Kier alpha value is -0.340. The SMILES string of the molecule is C=C1[C@@H]2CC[C@H]3[C@]4(C)C[C@H](O)CC[C@H]4CC[C@]3(C2)[C@H]1O. The molecule has 0 aromatic heterocycles. The van der Waals surface area contributed by atoms with Crippen molar-refractivity contribution in [3.8, 4) is 0 Å². The van der Waals surface area contributed by atoms with Gasteiger partial charge >= 0.3 is 0 Å². The van der Waals surface area contributed by atoms with Gasteiger partial charge in [-0.1, -0.05) is 13.5 Å². The summed E-state index contributed by atoms with van der Waals surface area (Å²) in [5.74, 6) is 1.92. The van der Waals surface area contributed by atoms with E-state index in [-0.39, 0.29) is 23.0 Å². The molecule has 4 aliphatic rings. The highest BCUT2D eigenvalue weighted by Gasteiger charge is 2.64. The van der Waals surface area contributed by atoms with Crippen molar-refractivity contribution in [2.75, 3.05) is 0 Å². The van der Waals surface area contributed by atoms with Gasteiger partial charge in [0.25, 0.3) is 0 Å². The van der Waals surface area contributed by atoms with Crippen LogP contribution in [0.1, 0.15) is 58.3 Å². The summed E-state index contributed by atoms with van der Waals surface area (Å²) in [6.07, 6.45) is 8.76. The molecule has 0 unspecified atom stereocenters. The van der Waals surface area contributed by atoms with Gasteiger partial charge in [-0.2, -0.15) is 0 Å². The summed E-state index contributed by atoms with van der Waals surface area (Å²) in [5.41, 5.74) is 1.46. The predicted molar refractivity (Wildman–Crippen MR) is 79.1 cm³/mol. The van der Waals surface area contributed by atoms with E-state index in [1.807, 2.05) is 0 Å². The first kappa shape index (κ1) is 13.3. The van der Waals surface area contributed by atoms with E-state index < -0.39 is 0 Å². The fourth-order valence-electron chi connectivity index (χ4n) is 6.81. The molecule has 0 radical (unpaired) electrons. The van der Waals surface area contributed by atoms with Crippen LogP contribution in [0.3, 0.4) is 0 Å². The van der Waals surface area contributed by atoms with Crippen LogP contribution in [0.15, 0.2) is 12.2 Å². The molecule has 2 N–H and O–H groups in total. The van der Waals surface area contributed by atoms with Crippen LogP contribution in [-0.4, -0.2) is 22.4 Å². The van der Waals surface area contributed by atoms with Crippen molar-refractivity contribution in [2.45, 2.75) is 70.5 Å². The van der Waals surface area contributed by atoms with Crippen LogP contribution in [0.5, 0.6) is 0 Å². The molecule has 4 saturated carbocycles. The summed E-state index contributed by atoms with van der Waals surface area (Å²) >= 11 is 0. The van der Waals surface area contributed by atoms with E-state index >= 15 is 0 Å². The van der Waals surface area contributed by atoms with Gasteiger partial charge < -0.3 is 10.2 Å². The van der Waals surface area contributed by atoms with Crippen LogP contribution in [0.25, 0.3) is 0 Å². The zero-order chi connectivity index (χ0) is 14.1. The van der Waals surface area contributed by atoms with Crippen molar-refractivity contribution in [2.24, 2.45) is 28.6 Å². The van der Waals surface area contributed by atoms with Crippen LogP contribution in [0.2, 0.25) is 0 Å². The largest absolute Gasteiger partial charge is 0.393 e. The molecule has 4 fully saturated rings. The van der Waals surface area contributed by atoms with Gasteiger partial charge in [0.1, 0.15) is 0 Å². The van der Waals surface area contributed by atoms with E-state index in [4.69, 9.17) is 0 Å². The second-order valence-electron chi connectivity index (χ2n) is 8.42. The average Bonchev–Trinajstić information content (AvgIpc) is 2.59. The van der Waals surface area contributed by atoms with Crippen LogP contribution >= 0.6 is 0 Å². The Balaban J connectivity index is 1.75. The lowest BCUT2D eigenvalue weighted by Crippen LogP contribution is -2.56. The smallest absolute Gasteiger partial charge is 0.0809 e. The Kier molecular flexibility index (Phi) is 2.74. The third kappa shape index (κ3) is 1.47. The van der Waals surface area contributed by atoms with E-state index in [1.54, 1.807) is 0 Å². The summed E-state index contributed by atoms with van der Waals surface area (Å²) in [6, 6.07) is 0. The van der Waals surface area contributed by atoms with Crippen molar-refractivity contribution in [3.63, 3.8) is 0 Å². The summed E-state index contributed by atoms with van der Waals surface area (Å²) in [4.78, 5) is 0. The Morgan fingerprint density at radius 2 is 1.85 bits per heavy atom. The van der Waals surface area contributed by atoms with E-state index in [2.05, 4.69) is 13.5 Å². The Bertz CT molecular complexity index is 445. The highest BCUT2D eigenvalue weighted by molar-refractivity contribution is 5.26. The number of fused-ring (bicyclic) bond motifs is 3. The van der Waals surface area contributed by atoms with E-state index in [1.165, 1.54) is 32.1 Å². The van der Waals surface area contributed by atoms with Gasteiger partial charge in [0.2, 0.25) is 0 Å². The summed E-state index contributed by atoms with van der Waals surface area (Å²) in [6.45, 7) is 6.62. The number of hydrogen-bond donors (Lipinski definition) is 2. The van der Waals surface area contributed by atoms with Crippen molar-refractivity contribution in [1.29, 1.82) is 0 Å². The normalized spacial score (nSPS) is 58.1. The van der Waals surface area contributed by atoms with Crippen LogP contribution in [0.4, 0.5) is 0 Å². The maximum atomic E-state index is 10.9. The Morgan fingerprint density at radius 3 is 2.65 bits per heavy atom. The van der Waals surface area contributed by atoms with Crippen molar-refractivity contribution >= 4 is 0 Å². The van der Waals surface area contributed by atoms with Gasteiger partial charge in [-0.05, 0) is 80.1 Å². The lowest BCUT2D eigenvalue weighted by atomic mass is 9.44. The minimum atomic E-state index is -0.281. The molecule has 2 heteroatoms. The van der Waals surface area contributed by atoms with Gasteiger partial charge in [0.15, 0.2) is 0 Å². The number of aliphatic hydroxyl groups is 2. The van der Waals surface area contributed by atoms with Gasteiger partial charge in [0, 0.05) is 5.41 Å². The number of aliphatic hydroxyl groups excluding tert-OH is 2. The standard InChI is InChI=1S/C18H28O2/c1-11-12-3-6-15-17(2)10-14(19)5-4-13(17)7-8-18(15,9-12)16(11)20/h12-16,19-20H,1,3-10H2,2H3/t12-,13+,14-,15+,16+,17-,18-/m1/s1. The monoisotopic (exact) mass is 276 g/mol. The number of rotatable bonds is 0. The Labute approximate surface area is 122 Å². The van der Waals surface area contributed by atoms with Gasteiger partial charge in [-0.3, -0.25) is 0 Å². The van der Waals surface area contributed by atoms with Gasteiger partial charge in [-0.25, -0.2) is 0 Å². The first-order chi connectivity index (χ1) is 9.47. The molecule has 0 saturated heterocycles. The molecular formula is C18H28O2. The van der Waals surface area contributed by atoms with Crippen molar-refractivity contribution in [1.82, 2.24) is 0 Å². The molecule has 0 aliphatic heterocycles. The second kappa shape index (κ2) is 4.10. The van der Waals surface area contributed by atoms with Crippen LogP contribution in [0, 0.1) is 28.6 Å². The lowest BCUT2D eigenvalue weighted by molar-refractivity contribution is -0.153. The third-order valence-electron chi connectivity index (χ3n) is 7.76. The predicted octanol–water partition coefficient (Wildman–Crippen LogP) is 3.28. The lowest BCUT2D eigenvalue weighted by Gasteiger charge is -2.61. The maximum Gasteiger partial charge on any atom is 0.0809 e. The third-order valence-corrected chi connectivity index (χ3v) is 7.76. The highest BCUT2D eigenvalue weighted by atomic mass is 16.3. The molecule has 2 bridgehead atoms. The average molecular weight is 276 g/mol. The van der Waals surface area contributed by atoms with Gasteiger partial charge in [-0.15, -0.1) is 0 Å². The molecule has 1 spiro atoms. The molecule has 112 valence electrons. The molecule has 7 atom stereocenters. The topological polar surface area (TPSA) is 40.5 Å². The molecule has 2 nitrogen and oxygen atoms in total. The van der Waals surface area contributed by atoms with Crippen molar-refractivity contribution < 1.29 is 10.2 Å². The molecule has 4 aliphatic carbocycles. The van der Waals surface area contributed by atoms with E-state index in [9.17, 15) is 10.2 Å². The zero-order valence-electron chi connectivity index (χ0n) is 12.6. The molecule has 0 aromatic rings. The maximum absolute atomic E-state index is 10.9. The first-order valence-corrected chi connectivity index (χ1v) is 8.52. The minimum absolute atomic E-state index is 0.0995.